The van der Waals surface area contributed by atoms with E-state index in [0.717, 1.165) is 17.1 Å². The SMILES string of the molecule is c1ccc(N(c2ccccc2)c2ccc(-c3c4c5ccccc5n(-c5ccccc5)c4c4ccccn34)cc2)cc1. The molecule has 41 heavy (non-hydrogen) atoms. The van der Waals surface area contributed by atoms with E-state index < -0.39 is 0 Å². The third kappa shape index (κ3) is 3.75. The minimum atomic E-state index is 1.12. The van der Waals surface area contributed by atoms with Crippen LogP contribution < -0.4 is 4.90 Å². The maximum absolute atomic E-state index is 2.41. The molecule has 5 aromatic carbocycles. The molecule has 194 valence electrons. The summed E-state index contributed by atoms with van der Waals surface area (Å²) in [6, 6.07) is 56.0. The van der Waals surface area contributed by atoms with Crippen LogP contribution in [-0.2, 0) is 0 Å². The second-order valence-corrected chi connectivity index (χ2v) is 10.3. The molecular formula is C38H27N3. The van der Waals surface area contributed by atoms with Gasteiger partial charge < -0.3 is 13.9 Å². The van der Waals surface area contributed by atoms with Crippen molar-refractivity contribution in [1.82, 2.24) is 8.97 Å². The van der Waals surface area contributed by atoms with Gasteiger partial charge in [0, 0.05) is 39.7 Å². The summed E-state index contributed by atoms with van der Waals surface area (Å²) in [4.78, 5) is 2.30. The van der Waals surface area contributed by atoms with Crippen molar-refractivity contribution in [3.8, 4) is 16.9 Å². The maximum atomic E-state index is 2.41. The van der Waals surface area contributed by atoms with Crippen molar-refractivity contribution in [2.75, 3.05) is 4.90 Å². The van der Waals surface area contributed by atoms with Gasteiger partial charge in [-0.25, -0.2) is 0 Å². The molecule has 0 saturated heterocycles. The van der Waals surface area contributed by atoms with Crippen molar-refractivity contribution in [3.05, 3.63) is 164 Å². The number of nitrogens with zero attached hydrogens (tertiary/aromatic N) is 3. The molecule has 0 atom stereocenters. The lowest BCUT2D eigenvalue weighted by Crippen LogP contribution is -2.09. The van der Waals surface area contributed by atoms with Crippen molar-refractivity contribution in [1.29, 1.82) is 0 Å². The number of hydrogen-bond donors (Lipinski definition) is 0. The first-order chi connectivity index (χ1) is 20.4. The average molecular weight is 526 g/mol. The predicted octanol–water partition coefficient (Wildman–Crippen LogP) is 10.2. The van der Waals surface area contributed by atoms with Gasteiger partial charge in [0.2, 0.25) is 0 Å². The molecular weight excluding hydrogens is 498 g/mol. The lowest BCUT2D eigenvalue weighted by atomic mass is 10.1. The Bertz CT molecular complexity index is 2080. The summed E-state index contributed by atoms with van der Waals surface area (Å²) in [7, 11) is 0. The zero-order valence-corrected chi connectivity index (χ0v) is 22.4. The summed E-state index contributed by atoms with van der Waals surface area (Å²) in [5.41, 5.74) is 10.6. The fourth-order valence-electron chi connectivity index (χ4n) is 6.17. The Morgan fingerprint density at radius 2 is 0.976 bits per heavy atom. The number of rotatable bonds is 5. The van der Waals surface area contributed by atoms with E-state index in [4.69, 9.17) is 0 Å². The van der Waals surface area contributed by atoms with Crippen LogP contribution in [-0.4, -0.2) is 8.97 Å². The lowest BCUT2D eigenvalue weighted by Gasteiger charge is -2.25. The van der Waals surface area contributed by atoms with E-state index in [0.29, 0.717) is 0 Å². The molecule has 8 rings (SSSR count). The van der Waals surface area contributed by atoms with Gasteiger partial charge in [0.05, 0.1) is 22.2 Å². The maximum Gasteiger partial charge on any atom is 0.0803 e. The van der Waals surface area contributed by atoms with Crippen molar-refractivity contribution >= 4 is 44.4 Å². The number of pyridine rings is 1. The van der Waals surface area contributed by atoms with E-state index in [-0.39, 0.29) is 0 Å². The Hall–Kier alpha value is -5.54. The van der Waals surface area contributed by atoms with Gasteiger partial charge in [-0.2, -0.15) is 0 Å². The Kier molecular flexibility index (Phi) is 5.46. The summed E-state index contributed by atoms with van der Waals surface area (Å²) < 4.78 is 4.75. The molecule has 0 fully saturated rings. The van der Waals surface area contributed by atoms with Crippen LogP contribution in [0.25, 0.3) is 44.3 Å². The van der Waals surface area contributed by atoms with E-state index in [9.17, 15) is 0 Å². The minimum Gasteiger partial charge on any atom is -0.314 e. The van der Waals surface area contributed by atoms with E-state index in [2.05, 4.69) is 178 Å². The van der Waals surface area contributed by atoms with Crippen LogP contribution in [0.5, 0.6) is 0 Å². The zero-order valence-electron chi connectivity index (χ0n) is 22.4. The second-order valence-electron chi connectivity index (χ2n) is 10.3. The van der Waals surface area contributed by atoms with Crippen LogP contribution in [0.2, 0.25) is 0 Å². The fourth-order valence-corrected chi connectivity index (χ4v) is 6.17. The van der Waals surface area contributed by atoms with Crippen LogP contribution in [0.15, 0.2) is 164 Å². The summed E-state index contributed by atoms with van der Waals surface area (Å²) in [5.74, 6) is 0. The zero-order chi connectivity index (χ0) is 27.2. The topological polar surface area (TPSA) is 12.6 Å². The highest BCUT2D eigenvalue weighted by Crippen LogP contribution is 2.43. The first kappa shape index (κ1) is 23.4. The summed E-state index contributed by atoms with van der Waals surface area (Å²) in [6.45, 7) is 0. The highest BCUT2D eigenvalue weighted by Gasteiger charge is 2.22. The molecule has 0 spiro atoms. The number of hydrogen-bond acceptors (Lipinski definition) is 1. The van der Waals surface area contributed by atoms with Crippen molar-refractivity contribution in [2.24, 2.45) is 0 Å². The molecule has 3 aromatic heterocycles. The molecule has 0 bridgehead atoms. The third-order valence-corrected chi connectivity index (χ3v) is 7.90. The first-order valence-corrected chi connectivity index (χ1v) is 14.0. The normalized spacial score (nSPS) is 11.4. The van der Waals surface area contributed by atoms with Gasteiger partial charge in [-0.15, -0.1) is 0 Å². The van der Waals surface area contributed by atoms with Gasteiger partial charge in [-0.05, 0) is 72.3 Å². The van der Waals surface area contributed by atoms with Crippen molar-refractivity contribution in [2.45, 2.75) is 0 Å². The van der Waals surface area contributed by atoms with Crippen LogP contribution in [0, 0.1) is 0 Å². The molecule has 0 aliphatic heterocycles. The van der Waals surface area contributed by atoms with Gasteiger partial charge in [-0.3, -0.25) is 0 Å². The van der Waals surface area contributed by atoms with Crippen LogP contribution in [0.1, 0.15) is 0 Å². The van der Waals surface area contributed by atoms with Crippen molar-refractivity contribution < 1.29 is 0 Å². The van der Waals surface area contributed by atoms with Crippen LogP contribution in [0.4, 0.5) is 17.1 Å². The summed E-state index contributed by atoms with van der Waals surface area (Å²) >= 11 is 0. The average Bonchev–Trinajstić information content (AvgIpc) is 3.56. The quantitative estimate of drug-likeness (QED) is 0.218. The Morgan fingerprint density at radius 1 is 0.439 bits per heavy atom. The number of anilines is 3. The van der Waals surface area contributed by atoms with E-state index >= 15 is 0 Å². The molecule has 3 nitrogen and oxygen atoms in total. The monoisotopic (exact) mass is 525 g/mol. The van der Waals surface area contributed by atoms with Crippen LogP contribution >= 0.6 is 0 Å². The molecule has 0 unspecified atom stereocenters. The molecule has 0 aliphatic rings. The Balaban J connectivity index is 1.37. The Labute approximate surface area is 238 Å². The largest absolute Gasteiger partial charge is 0.314 e. The highest BCUT2D eigenvalue weighted by molar-refractivity contribution is 6.20. The first-order valence-electron chi connectivity index (χ1n) is 14.0. The smallest absolute Gasteiger partial charge is 0.0803 e. The molecule has 0 saturated carbocycles. The number of para-hydroxylation sites is 4. The third-order valence-electron chi connectivity index (χ3n) is 7.90. The summed E-state index contributed by atoms with van der Waals surface area (Å²) in [6.07, 6.45) is 2.18. The molecule has 8 aromatic rings. The van der Waals surface area contributed by atoms with E-state index in [1.807, 2.05) is 0 Å². The lowest BCUT2D eigenvalue weighted by molar-refractivity contribution is 1.17. The molecule has 0 N–H and O–H groups in total. The van der Waals surface area contributed by atoms with Gasteiger partial charge in [0.15, 0.2) is 0 Å². The molecule has 0 amide bonds. The summed E-state index contributed by atoms with van der Waals surface area (Å²) in [5, 5.41) is 2.52. The molecule has 0 radical (unpaired) electrons. The fraction of sp³-hybridized carbons (Fsp3) is 0. The molecule has 3 heteroatoms. The standard InChI is InChI=1S/C38H27N3/c1-4-14-29(15-5-1)40(30-16-6-2-7-17-30)32-25-23-28(24-26-32)37-36-33-20-10-11-21-34(33)41(31-18-8-3-9-19-31)38(36)35-22-12-13-27-39(35)37/h1-27H. The van der Waals surface area contributed by atoms with E-state index in [1.54, 1.807) is 0 Å². The Morgan fingerprint density at radius 3 is 1.66 bits per heavy atom. The molecule has 0 aliphatic carbocycles. The minimum absolute atomic E-state index is 1.12. The number of benzene rings is 5. The van der Waals surface area contributed by atoms with Crippen LogP contribution in [0.3, 0.4) is 0 Å². The van der Waals surface area contributed by atoms with Gasteiger partial charge in [0.1, 0.15) is 0 Å². The predicted molar refractivity (Wildman–Crippen MR) is 172 cm³/mol. The van der Waals surface area contributed by atoms with Gasteiger partial charge in [-0.1, -0.05) is 91.0 Å². The van der Waals surface area contributed by atoms with E-state index in [1.165, 1.54) is 44.3 Å². The van der Waals surface area contributed by atoms with Gasteiger partial charge in [0.25, 0.3) is 0 Å². The second kappa shape index (κ2) is 9.58. The number of fused-ring (bicyclic) bond motifs is 5. The number of aromatic nitrogens is 2. The molecule has 3 heterocycles. The highest BCUT2D eigenvalue weighted by atomic mass is 15.1. The van der Waals surface area contributed by atoms with Gasteiger partial charge >= 0.3 is 0 Å². The van der Waals surface area contributed by atoms with Crippen molar-refractivity contribution in [3.63, 3.8) is 0 Å².